The van der Waals surface area contributed by atoms with Crippen molar-refractivity contribution in [3.8, 4) is 0 Å². The number of rotatable bonds is 0. The molecule has 0 spiro atoms. The van der Waals surface area contributed by atoms with Crippen LogP contribution in [0.15, 0.2) is 0 Å². The Bertz CT molecular complexity index is 96.7. The van der Waals surface area contributed by atoms with Crippen molar-refractivity contribution in [1.82, 2.24) is 12.3 Å². The zero-order valence-corrected chi connectivity index (χ0v) is 10.4. The van der Waals surface area contributed by atoms with Crippen molar-refractivity contribution in [2.45, 2.75) is 0 Å². The second-order valence-corrected chi connectivity index (χ2v) is 0.634. The summed E-state index contributed by atoms with van der Waals surface area (Å²) in [5, 5.41) is 15.0. The Kier molecular flexibility index (Phi) is 45.9. The summed E-state index contributed by atoms with van der Waals surface area (Å²) in [5.74, 6) is 0. The van der Waals surface area contributed by atoms with Gasteiger partial charge in [0.1, 0.15) is 0 Å². The first-order chi connectivity index (χ1) is 3.13. The maximum atomic E-state index is 9.21. The number of hydrogen-bond donors (Lipinski definition) is 4. The van der Waals surface area contributed by atoms with Gasteiger partial charge in [-0.2, -0.15) is 0 Å². The van der Waals surface area contributed by atoms with Gasteiger partial charge in [0.2, 0.25) is 0 Å². The van der Waals surface area contributed by atoms with Crippen molar-refractivity contribution in [2.75, 3.05) is 0 Å². The van der Waals surface area contributed by atoms with Gasteiger partial charge in [0, 0.05) is 52.4 Å². The Morgan fingerprint density at radius 3 is 1.09 bits per heavy atom. The standard InChI is InChI=1S/C2H2O5.2H3N.2Zr/c3-1(4)7-2(5)6;;;;/h(H,3,4)(H,5,6);2*1H3;;. The molecule has 0 aromatic rings. The molecule has 0 saturated carbocycles. The fraction of sp³-hybridized carbons (Fsp3) is 0. The van der Waals surface area contributed by atoms with Crippen LogP contribution in [0.4, 0.5) is 9.59 Å². The molecule has 8 N–H and O–H groups in total. The van der Waals surface area contributed by atoms with Gasteiger partial charge in [-0.15, -0.1) is 0 Å². The smallest absolute Gasteiger partial charge is 0.449 e. The number of carboxylic acid groups (broad SMARTS) is 2. The summed E-state index contributed by atoms with van der Waals surface area (Å²) in [6.07, 6.45) is -3.62. The van der Waals surface area contributed by atoms with E-state index in [0.29, 0.717) is 0 Å². The Hall–Kier alpha value is 0.426. The van der Waals surface area contributed by atoms with Crippen LogP contribution in [0.2, 0.25) is 0 Å². The predicted octanol–water partition coefficient (Wildman–Crippen LogP) is 0.678. The Morgan fingerprint density at radius 2 is 1.09 bits per heavy atom. The summed E-state index contributed by atoms with van der Waals surface area (Å²) in [6.45, 7) is 0. The van der Waals surface area contributed by atoms with Gasteiger partial charge in [0.25, 0.3) is 0 Å². The molecule has 9 heteroatoms. The molecule has 0 aliphatic carbocycles. The maximum absolute atomic E-state index is 9.21. The van der Waals surface area contributed by atoms with E-state index in [9.17, 15) is 9.59 Å². The molecule has 64 valence electrons. The van der Waals surface area contributed by atoms with Crippen LogP contribution in [-0.4, -0.2) is 22.5 Å². The normalized spacial score (nSPS) is 4.73. The molecular weight excluding hydrogens is 314 g/mol. The molecule has 0 atom stereocenters. The minimum atomic E-state index is -1.81. The van der Waals surface area contributed by atoms with Crippen molar-refractivity contribution in [3.63, 3.8) is 0 Å². The van der Waals surface area contributed by atoms with Gasteiger partial charge < -0.3 is 27.3 Å². The summed E-state index contributed by atoms with van der Waals surface area (Å²) < 4.78 is 3.08. The monoisotopic (exact) mass is 320 g/mol. The third-order valence-corrected chi connectivity index (χ3v) is 0.175. The summed E-state index contributed by atoms with van der Waals surface area (Å²) >= 11 is 0. The topological polar surface area (TPSA) is 154 Å². The zero-order chi connectivity index (χ0) is 5.86. The maximum Gasteiger partial charge on any atom is 0.516 e. The van der Waals surface area contributed by atoms with Gasteiger partial charge >= 0.3 is 12.3 Å². The predicted molar refractivity (Wildman–Crippen MR) is 27.2 cm³/mol. The second kappa shape index (κ2) is 16.8. The van der Waals surface area contributed by atoms with E-state index in [4.69, 9.17) is 10.2 Å². The van der Waals surface area contributed by atoms with Crippen LogP contribution in [0, 0.1) is 0 Å². The average Bonchev–Trinajstić information content (AvgIpc) is 1.27. The van der Waals surface area contributed by atoms with E-state index in [1.165, 1.54) is 0 Å². The van der Waals surface area contributed by atoms with Crippen molar-refractivity contribution in [3.05, 3.63) is 0 Å². The summed E-state index contributed by atoms with van der Waals surface area (Å²) in [5.41, 5.74) is 0. The molecule has 0 aliphatic rings. The zero-order valence-electron chi connectivity index (χ0n) is 5.53. The molecule has 0 aromatic carbocycles. The van der Waals surface area contributed by atoms with Crippen LogP contribution in [0.25, 0.3) is 0 Å². The summed E-state index contributed by atoms with van der Waals surface area (Å²) in [6, 6.07) is 0. The molecule has 0 saturated heterocycles. The van der Waals surface area contributed by atoms with E-state index < -0.39 is 12.3 Å². The number of hydrogen-bond acceptors (Lipinski definition) is 5. The van der Waals surface area contributed by atoms with E-state index in [0.717, 1.165) is 0 Å². The van der Waals surface area contributed by atoms with Gasteiger partial charge in [0.05, 0.1) is 0 Å². The molecular formula is C2H8N2O5Zr2. The second-order valence-electron chi connectivity index (χ2n) is 0.634. The summed E-state index contributed by atoms with van der Waals surface area (Å²) in [4.78, 5) is 18.4. The quantitative estimate of drug-likeness (QED) is 0.377. The van der Waals surface area contributed by atoms with Gasteiger partial charge in [0.15, 0.2) is 0 Å². The Balaban J connectivity index is -0.0000000300. The molecule has 0 aliphatic heterocycles. The molecule has 0 fully saturated rings. The van der Waals surface area contributed by atoms with E-state index in [1.807, 2.05) is 0 Å². The van der Waals surface area contributed by atoms with Crippen LogP contribution in [0.5, 0.6) is 0 Å². The van der Waals surface area contributed by atoms with Crippen molar-refractivity contribution < 1.29 is 76.9 Å². The molecule has 0 amide bonds. The Morgan fingerprint density at radius 1 is 0.909 bits per heavy atom. The van der Waals surface area contributed by atoms with Gasteiger partial charge in [-0.05, 0) is 0 Å². The number of ether oxygens (including phenoxy) is 1. The molecule has 0 rings (SSSR count). The van der Waals surface area contributed by atoms with Crippen LogP contribution in [-0.2, 0) is 57.1 Å². The van der Waals surface area contributed by atoms with Crippen LogP contribution < -0.4 is 12.3 Å². The van der Waals surface area contributed by atoms with E-state index in [2.05, 4.69) is 4.74 Å². The molecule has 0 bridgehead atoms. The minimum Gasteiger partial charge on any atom is -0.449 e. The number of carbonyl (C=O) groups is 2. The first-order valence-corrected chi connectivity index (χ1v) is 1.26. The first-order valence-electron chi connectivity index (χ1n) is 1.26. The molecule has 7 nitrogen and oxygen atoms in total. The largest absolute Gasteiger partial charge is 0.516 e. The molecule has 11 heavy (non-hydrogen) atoms. The molecule has 0 radical (unpaired) electrons. The van der Waals surface area contributed by atoms with Gasteiger partial charge in [-0.25, -0.2) is 9.59 Å². The molecule has 0 unspecified atom stereocenters. The average molecular weight is 323 g/mol. The van der Waals surface area contributed by atoms with Crippen molar-refractivity contribution >= 4 is 12.3 Å². The SMILES string of the molecule is N.N.O=C(O)OC(=O)O.[Zr].[Zr]. The van der Waals surface area contributed by atoms with E-state index >= 15 is 0 Å². The van der Waals surface area contributed by atoms with E-state index in [1.54, 1.807) is 0 Å². The first kappa shape index (κ1) is 30.1. The fourth-order valence-electron chi connectivity index (χ4n) is 0.0747. The fourth-order valence-corrected chi connectivity index (χ4v) is 0.0747. The van der Waals surface area contributed by atoms with Gasteiger partial charge in [-0.3, -0.25) is 0 Å². The van der Waals surface area contributed by atoms with Crippen molar-refractivity contribution in [1.29, 1.82) is 0 Å². The minimum absolute atomic E-state index is 0. The van der Waals surface area contributed by atoms with Gasteiger partial charge in [-0.1, -0.05) is 0 Å². The van der Waals surface area contributed by atoms with Crippen LogP contribution in [0.1, 0.15) is 0 Å². The third-order valence-electron chi connectivity index (χ3n) is 0.175. The summed E-state index contributed by atoms with van der Waals surface area (Å²) in [7, 11) is 0. The van der Waals surface area contributed by atoms with Crippen molar-refractivity contribution in [2.24, 2.45) is 0 Å². The van der Waals surface area contributed by atoms with E-state index in [-0.39, 0.29) is 64.7 Å². The van der Waals surface area contributed by atoms with Crippen LogP contribution >= 0.6 is 0 Å². The molecule has 0 aromatic heterocycles. The molecule has 0 heterocycles. The third kappa shape index (κ3) is 37.8. The Labute approximate surface area is 101 Å². The van der Waals surface area contributed by atoms with Crippen LogP contribution in [0.3, 0.4) is 0 Å².